The Labute approximate surface area is 206 Å². The third-order valence-electron chi connectivity index (χ3n) is 5.78. The van der Waals surface area contributed by atoms with E-state index in [9.17, 15) is 9.90 Å². The molecule has 0 bridgehead atoms. The quantitative estimate of drug-likeness (QED) is 0.315. The molecule has 0 aliphatic carbocycles. The van der Waals surface area contributed by atoms with Gasteiger partial charge in [-0.15, -0.1) is 0 Å². The number of nitrogens with zero attached hydrogens (tertiary/aromatic N) is 1. The molecule has 6 nitrogen and oxygen atoms in total. The van der Waals surface area contributed by atoms with Crippen LogP contribution in [0.25, 0.3) is 0 Å². The maximum absolute atomic E-state index is 12.9. The van der Waals surface area contributed by atoms with Crippen molar-refractivity contribution in [3.63, 3.8) is 0 Å². The van der Waals surface area contributed by atoms with Gasteiger partial charge in [-0.3, -0.25) is 9.89 Å². The second kappa shape index (κ2) is 10.0. The number of aromatic hydroxyl groups is 1. The van der Waals surface area contributed by atoms with Crippen molar-refractivity contribution >= 4 is 29.1 Å². The van der Waals surface area contributed by atoms with E-state index >= 15 is 0 Å². The van der Waals surface area contributed by atoms with Crippen LogP contribution in [-0.4, -0.2) is 34.1 Å². The van der Waals surface area contributed by atoms with Crippen molar-refractivity contribution in [1.82, 2.24) is 9.78 Å². The van der Waals surface area contributed by atoms with Gasteiger partial charge in [0.15, 0.2) is 0 Å². The van der Waals surface area contributed by atoms with Crippen molar-refractivity contribution in [2.75, 3.05) is 18.5 Å². The van der Waals surface area contributed by atoms with Gasteiger partial charge in [-0.2, -0.15) is 0 Å². The topological polar surface area (TPSA) is 79.3 Å². The number of nitrogens with one attached hydrogen (secondary N) is 2. The van der Waals surface area contributed by atoms with Crippen LogP contribution in [0, 0.1) is 0 Å². The van der Waals surface area contributed by atoms with Gasteiger partial charge in [-0.25, -0.2) is 4.68 Å². The number of hydrogen-bond acceptors (Lipinski definition) is 5. The minimum atomic E-state index is -0.434. The lowest BCUT2D eigenvalue weighted by atomic mass is 9.98. The highest BCUT2D eigenvalue weighted by Gasteiger charge is 2.25. The Kier molecular flexibility index (Phi) is 6.67. The summed E-state index contributed by atoms with van der Waals surface area (Å²) in [5, 5.41) is 18.1. The van der Waals surface area contributed by atoms with Crippen LogP contribution in [-0.2, 0) is 4.74 Å². The number of H-pyrrole nitrogens is 1. The Balaban J connectivity index is 1.55. The molecule has 2 heterocycles. The molecule has 174 valence electrons. The standard InChI is InChI=1S/C26H24ClN3O3S/c27-21-11-4-5-12-22(21)34-24-25(31)29-30(26(24)32)23(17-7-2-1-3-8-17)18-9-6-10-19(15-18)28-20-13-14-33-16-20/h1-12,15,20,23,28,32H,13-14,16H2,(H,29,31)/t20-,23?/m0/s1. The maximum atomic E-state index is 12.9. The molecule has 8 heteroatoms. The molecule has 1 aromatic heterocycles. The summed E-state index contributed by atoms with van der Waals surface area (Å²) in [5.41, 5.74) is 2.44. The van der Waals surface area contributed by atoms with Crippen LogP contribution in [0.5, 0.6) is 5.88 Å². The zero-order chi connectivity index (χ0) is 23.5. The van der Waals surface area contributed by atoms with Crippen LogP contribution < -0.4 is 10.9 Å². The first-order valence-electron chi connectivity index (χ1n) is 11.0. The number of ether oxygens (including phenoxy) is 1. The molecule has 1 aliphatic rings. The predicted octanol–water partition coefficient (Wildman–Crippen LogP) is 5.53. The van der Waals surface area contributed by atoms with E-state index in [0.717, 1.165) is 41.6 Å². The van der Waals surface area contributed by atoms with Crippen molar-refractivity contribution in [1.29, 1.82) is 0 Å². The summed E-state index contributed by atoms with van der Waals surface area (Å²) in [6.45, 7) is 1.44. The van der Waals surface area contributed by atoms with Crippen molar-refractivity contribution in [2.45, 2.75) is 28.3 Å². The number of aromatic amines is 1. The first-order valence-corrected chi connectivity index (χ1v) is 12.2. The monoisotopic (exact) mass is 493 g/mol. The van der Waals surface area contributed by atoms with Gasteiger partial charge in [0.1, 0.15) is 10.9 Å². The van der Waals surface area contributed by atoms with E-state index in [4.69, 9.17) is 16.3 Å². The second-order valence-electron chi connectivity index (χ2n) is 8.14. The number of benzene rings is 3. The molecule has 0 amide bonds. The Bertz CT molecular complexity index is 1330. The van der Waals surface area contributed by atoms with E-state index in [1.165, 1.54) is 4.68 Å². The summed E-state index contributed by atoms with van der Waals surface area (Å²) in [7, 11) is 0. The van der Waals surface area contributed by atoms with E-state index in [1.807, 2.05) is 66.7 Å². The molecule has 1 fully saturated rings. The van der Waals surface area contributed by atoms with Gasteiger partial charge in [0, 0.05) is 17.2 Å². The molecule has 0 saturated carbocycles. The van der Waals surface area contributed by atoms with Crippen molar-refractivity contribution in [2.24, 2.45) is 0 Å². The Morgan fingerprint density at radius 1 is 1.06 bits per heavy atom. The Morgan fingerprint density at radius 3 is 2.59 bits per heavy atom. The number of anilines is 1. The molecule has 1 unspecified atom stereocenters. The first-order chi connectivity index (χ1) is 16.6. The molecule has 3 aromatic carbocycles. The summed E-state index contributed by atoms with van der Waals surface area (Å²) in [6, 6.07) is 24.9. The molecule has 5 rings (SSSR count). The van der Waals surface area contributed by atoms with E-state index in [-0.39, 0.29) is 22.4 Å². The van der Waals surface area contributed by atoms with Gasteiger partial charge in [-0.05, 0) is 41.8 Å². The molecule has 1 saturated heterocycles. The lowest BCUT2D eigenvalue weighted by molar-refractivity contribution is 0.195. The van der Waals surface area contributed by atoms with E-state index in [1.54, 1.807) is 6.07 Å². The molecular weight excluding hydrogens is 470 g/mol. The fourth-order valence-corrected chi connectivity index (χ4v) is 5.26. The summed E-state index contributed by atoms with van der Waals surface area (Å²) in [4.78, 5) is 13.8. The largest absolute Gasteiger partial charge is 0.493 e. The highest BCUT2D eigenvalue weighted by Crippen LogP contribution is 2.39. The van der Waals surface area contributed by atoms with Crippen molar-refractivity contribution in [3.05, 3.63) is 105 Å². The second-order valence-corrected chi connectivity index (χ2v) is 9.60. The molecule has 4 aromatic rings. The van der Waals surface area contributed by atoms with Crippen LogP contribution in [0.15, 0.2) is 93.4 Å². The third kappa shape index (κ3) is 4.73. The van der Waals surface area contributed by atoms with E-state index in [2.05, 4.69) is 16.5 Å². The summed E-state index contributed by atoms with van der Waals surface area (Å²) >= 11 is 7.44. The van der Waals surface area contributed by atoms with Gasteiger partial charge >= 0.3 is 0 Å². The molecular formula is C26H24ClN3O3S. The molecule has 1 aliphatic heterocycles. The minimum Gasteiger partial charge on any atom is -0.493 e. The predicted molar refractivity (Wildman–Crippen MR) is 135 cm³/mol. The van der Waals surface area contributed by atoms with Crippen LogP contribution in [0.3, 0.4) is 0 Å². The molecule has 0 radical (unpaired) electrons. The average Bonchev–Trinajstić information content (AvgIpc) is 3.45. The highest BCUT2D eigenvalue weighted by atomic mass is 35.5. The average molecular weight is 494 g/mol. The third-order valence-corrected chi connectivity index (χ3v) is 7.37. The van der Waals surface area contributed by atoms with E-state index < -0.39 is 6.04 Å². The van der Waals surface area contributed by atoms with Crippen LogP contribution >= 0.6 is 23.4 Å². The zero-order valence-electron chi connectivity index (χ0n) is 18.3. The number of hydrogen-bond donors (Lipinski definition) is 3. The maximum Gasteiger partial charge on any atom is 0.282 e. The van der Waals surface area contributed by atoms with Crippen LogP contribution in [0.2, 0.25) is 5.02 Å². The SMILES string of the molecule is O=c1[nH]n(C(c2ccccc2)c2cccc(N[C@H]3CCOC3)c2)c(O)c1Sc1ccccc1Cl. The highest BCUT2D eigenvalue weighted by molar-refractivity contribution is 7.99. The summed E-state index contributed by atoms with van der Waals surface area (Å²) in [6.07, 6.45) is 0.959. The zero-order valence-corrected chi connectivity index (χ0v) is 19.9. The Hall–Kier alpha value is -3.13. The van der Waals surface area contributed by atoms with Crippen LogP contribution in [0.1, 0.15) is 23.6 Å². The van der Waals surface area contributed by atoms with Gasteiger partial charge in [0.2, 0.25) is 5.88 Å². The van der Waals surface area contributed by atoms with Crippen LogP contribution in [0.4, 0.5) is 5.69 Å². The lowest BCUT2D eigenvalue weighted by Crippen LogP contribution is -2.20. The fourth-order valence-electron chi connectivity index (χ4n) is 4.15. The van der Waals surface area contributed by atoms with Gasteiger partial charge in [0.05, 0.1) is 17.7 Å². The number of aromatic nitrogens is 2. The first kappa shape index (κ1) is 22.7. The number of halogens is 1. The normalized spacial score (nSPS) is 16.4. The summed E-state index contributed by atoms with van der Waals surface area (Å²) < 4.78 is 7.01. The van der Waals surface area contributed by atoms with Crippen molar-refractivity contribution in [3.8, 4) is 5.88 Å². The lowest BCUT2D eigenvalue weighted by Gasteiger charge is -2.22. The molecule has 0 spiro atoms. The molecule has 3 N–H and O–H groups in total. The minimum absolute atomic E-state index is 0.133. The smallest absolute Gasteiger partial charge is 0.282 e. The van der Waals surface area contributed by atoms with Gasteiger partial charge in [0.25, 0.3) is 5.56 Å². The van der Waals surface area contributed by atoms with Gasteiger partial charge < -0.3 is 15.2 Å². The Morgan fingerprint density at radius 2 is 1.82 bits per heavy atom. The number of rotatable bonds is 7. The van der Waals surface area contributed by atoms with E-state index in [0.29, 0.717) is 16.5 Å². The summed E-state index contributed by atoms with van der Waals surface area (Å²) in [5.74, 6) is -0.133. The molecule has 2 atom stereocenters. The fraction of sp³-hybridized carbons (Fsp3) is 0.192. The molecule has 34 heavy (non-hydrogen) atoms. The van der Waals surface area contributed by atoms with Gasteiger partial charge in [-0.1, -0.05) is 78.0 Å². The van der Waals surface area contributed by atoms with Crippen molar-refractivity contribution < 1.29 is 9.84 Å².